The van der Waals surface area contributed by atoms with Crippen molar-refractivity contribution in [2.75, 3.05) is 0 Å². The van der Waals surface area contributed by atoms with Crippen molar-refractivity contribution in [3.63, 3.8) is 0 Å². The summed E-state index contributed by atoms with van der Waals surface area (Å²) in [5.74, 6) is 0.702. The lowest BCUT2D eigenvalue weighted by Crippen LogP contribution is -1.93. The Bertz CT molecular complexity index is 655. The van der Waals surface area contributed by atoms with Crippen LogP contribution in [0.15, 0.2) is 40.8 Å². The second kappa shape index (κ2) is 5.35. The molecule has 2 aromatic heterocycles. The van der Waals surface area contributed by atoms with Crippen LogP contribution < -0.4 is 0 Å². The number of alkyl halides is 1. The van der Waals surface area contributed by atoms with E-state index in [0.717, 1.165) is 17.5 Å². The highest BCUT2D eigenvalue weighted by Crippen LogP contribution is 2.31. The Labute approximate surface area is 121 Å². The topological polar surface area (TPSA) is 26.0 Å². The second-order valence-corrected chi connectivity index (χ2v) is 6.13. The zero-order valence-corrected chi connectivity index (χ0v) is 12.2. The summed E-state index contributed by atoms with van der Waals surface area (Å²) >= 11 is 8.21. The van der Waals surface area contributed by atoms with Gasteiger partial charge in [0, 0.05) is 16.2 Å². The van der Waals surface area contributed by atoms with Crippen LogP contribution in [0.5, 0.6) is 0 Å². The normalized spacial score (nSPS) is 12.9. The van der Waals surface area contributed by atoms with E-state index in [2.05, 4.69) is 24.0 Å². The van der Waals surface area contributed by atoms with Crippen molar-refractivity contribution in [3.8, 4) is 0 Å². The highest BCUT2D eigenvalue weighted by Gasteiger charge is 2.15. The molecule has 1 aromatic carbocycles. The molecule has 0 spiro atoms. The van der Waals surface area contributed by atoms with Crippen LogP contribution in [0.4, 0.5) is 0 Å². The quantitative estimate of drug-likeness (QED) is 0.634. The first-order chi connectivity index (χ1) is 9.26. The Balaban J connectivity index is 1.80. The average Bonchev–Trinajstić information content (AvgIpc) is 3.04. The van der Waals surface area contributed by atoms with E-state index in [1.54, 1.807) is 11.3 Å². The summed E-state index contributed by atoms with van der Waals surface area (Å²) in [5.41, 5.74) is 1.71. The summed E-state index contributed by atoms with van der Waals surface area (Å²) < 4.78 is 5.70. The molecule has 0 saturated carbocycles. The maximum atomic E-state index is 6.45. The van der Waals surface area contributed by atoms with Crippen molar-refractivity contribution in [1.82, 2.24) is 4.98 Å². The first-order valence-corrected chi connectivity index (χ1v) is 7.58. The number of aryl methyl sites for hydroxylation is 1. The number of para-hydroxylation sites is 2. The lowest BCUT2D eigenvalue weighted by atomic mass is 10.2. The number of thiophene rings is 1. The van der Waals surface area contributed by atoms with E-state index < -0.39 is 0 Å². The Hall–Kier alpha value is -1.32. The van der Waals surface area contributed by atoms with Crippen LogP contribution in [0.2, 0.25) is 0 Å². The van der Waals surface area contributed by atoms with Gasteiger partial charge in [0.05, 0.1) is 5.38 Å². The van der Waals surface area contributed by atoms with Crippen molar-refractivity contribution in [3.05, 3.63) is 52.0 Å². The van der Waals surface area contributed by atoms with Gasteiger partial charge in [-0.15, -0.1) is 22.9 Å². The van der Waals surface area contributed by atoms with Crippen molar-refractivity contribution < 1.29 is 4.42 Å². The predicted octanol–water partition coefficient (Wildman–Crippen LogP) is 4.97. The van der Waals surface area contributed by atoms with Gasteiger partial charge in [-0.05, 0) is 30.7 Å². The molecule has 0 fully saturated rings. The largest absolute Gasteiger partial charge is 0.441 e. The molecule has 0 aliphatic carbocycles. The van der Waals surface area contributed by atoms with E-state index in [4.69, 9.17) is 16.0 Å². The van der Waals surface area contributed by atoms with Gasteiger partial charge in [-0.25, -0.2) is 4.98 Å². The zero-order valence-electron chi connectivity index (χ0n) is 10.6. The van der Waals surface area contributed by atoms with Gasteiger partial charge in [-0.1, -0.05) is 19.1 Å². The highest BCUT2D eigenvalue weighted by atomic mass is 35.5. The van der Waals surface area contributed by atoms with Crippen molar-refractivity contribution in [1.29, 1.82) is 0 Å². The third-order valence-corrected chi connectivity index (χ3v) is 4.89. The van der Waals surface area contributed by atoms with Crippen LogP contribution in [0, 0.1) is 0 Å². The van der Waals surface area contributed by atoms with Crippen LogP contribution in [-0.4, -0.2) is 4.98 Å². The van der Waals surface area contributed by atoms with Crippen LogP contribution in [-0.2, 0) is 12.8 Å². The van der Waals surface area contributed by atoms with Crippen LogP contribution in [0.25, 0.3) is 11.1 Å². The fourth-order valence-electron chi connectivity index (χ4n) is 2.01. The van der Waals surface area contributed by atoms with Crippen molar-refractivity contribution in [2.24, 2.45) is 0 Å². The lowest BCUT2D eigenvalue weighted by molar-refractivity contribution is 0.526. The van der Waals surface area contributed by atoms with Gasteiger partial charge in [0.2, 0.25) is 0 Å². The number of hydrogen-bond donors (Lipinski definition) is 0. The monoisotopic (exact) mass is 291 g/mol. The van der Waals surface area contributed by atoms with Gasteiger partial charge in [-0.3, -0.25) is 0 Å². The lowest BCUT2D eigenvalue weighted by Gasteiger charge is -2.03. The van der Waals surface area contributed by atoms with E-state index in [0.29, 0.717) is 12.3 Å². The third kappa shape index (κ3) is 2.67. The van der Waals surface area contributed by atoms with Crippen LogP contribution in [0.1, 0.15) is 27.9 Å². The summed E-state index contributed by atoms with van der Waals surface area (Å²) in [6.07, 6.45) is 1.68. The maximum absolute atomic E-state index is 6.45. The highest BCUT2D eigenvalue weighted by molar-refractivity contribution is 7.12. The fourth-order valence-corrected chi connectivity index (χ4v) is 3.28. The molecular formula is C15H14ClNOS. The van der Waals surface area contributed by atoms with Crippen molar-refractivity contribution >= 4 is 34.0 Å². The summed E-state index contributed by atoms with van der Waals surface area (Å²) in [6, 6.07) is 12.0. The Morgan fingerprint density at radius 1 is 1.26 bits per heavy atom. The molecule has 0 radical (unpaired) electrons. The van der Waals surface area contributed by atoms with Crippen LogP contribution >= 0.6 is 22.9 Å². The van der Waals surface area contributed by atoms with Crippen molar-refractivity contribution in [2.45, 2.75) is 25.1 Å². The third-order valence-electron chi connectivity index (χ3n) is 3.03. The molecule has 1 atom stereocenters. The fraction of sp³-hybridized carbons (Fsp3) is 0.267. The van der Waals surface area contributed by atoms with Gasteiger partial charge < -0.3 is 4.42 Å². The maximum Gasteiger partial charge on any atom is 0.197 e. The number of nitrogens with zero attached hydrogens (tertiary/aromatic N) is 1. The molecule has 2 heterocycles. The van der Waals surface area contributed by atoms with Crippen LogP contribution in [0.3, 0.4) is 0 Å². The minimum atomic E-state index is -0.0710. The Morgan fingerprint density at radius 2 is 2.11 bits per heavy atom. The molecule has 1 unspecified atom stereocenters. The zero-order chi connectivity index (χ0) is 13.2. The minimum Gasteiger partial charge on any atom is -0.441 e. The number of hydrogen-bond acceptors (Lipinski definition) is 3. The van der Waals surface area contributed by atoms with E-state index in [9.17, 15) is 0 Å². The Morgan fingerprint density at radius 3 is 2.84 bits per heavy atom. The minimum absolute atomic E-state index is 0.0710. The molecular weight excluding hydrogens is 278 g/mol. The second-order valence-electron chi connectivity index (χ2n) is 4.40. The Kier molecular flexibility index (Phi) is 3.58. The molecule has 0 aliphatic rings. The molecule has 98 valence electrons. The number of benzene rings is 1. The molecule has 0 bridgehead atoms. The summed E-state index contributed by atoms with van der Waals surface area (Å²) in [4.78, 5) is 7.00. The number of aromatic nitrogens is 1. The van der Waals surface area contributed by atoms with E-state index >= 15 is 0 Å². The molecule has 0 saturated heterocycles. The van der Waals surface area contributed by atoms with E-state index in [-0.39, 0.29) is 5.38 Å². The van der Waals surface area contributed by atoms with Gasteiger partial charge in [0.1, 0.15) is 5.52 Å². The molecule has 19 heavy (non-hydrogen) atoms. The number of rotatable bonds is 4. The van der Waals surface area contributed by atoms with Gasteiger partial charge in [0.25, 0.3) is 0 Å². The smallest absolute Gasteiger partial charge is 0.197 e. The van der Waals surface area contributed by atoms with Gasteiger partial charge in [-0.2, -0.15) is 0 Å². The summed E-state index contributed by atoms with van der Waals surface area (Å²) in [7, 11) is 0. The summed E-state index contributed by atoms with van der Waals surface area (Å²) in [6.45, 7) is 2.15. The van der Waals surface area contributed by atoms with Gasteiger partial charge >= 0.3 is 0 Å². The molecule has 0 aliphatic heterocycles. The molecule has 0 amide bonds. The molecule has 3 aromatic rings. The number of halogens is 1. The van der Waals surface area contributed by atoms with E-state index in [1.165, 1.54) is 9.75 Å². The first kappa shape index (κ1) is 12.7. The first-order valence-electron chi connectivity index (χ1n) is 6.33. The van der Waals surface area contributed by atoms with E-state index in [1.807, 2.05) is 24.3 Å². The standard InChI is InChI=1S/C15H14ClNOS/c1-2-10-7-8-14(19-10)11(16)9-15-17-12-5-3-4-6-13(12)18-15/h3-8,11H,2,9H2,1H3. The SMILES string of the molecule is CCc1ccc(C(Cl)Cc2nc3ccccc3o2)s1. The average molecular weight is 292 g/mol. The van der Waals surface area contributed by atoms with Gasteiger partial charge in [0.15, 0.2) is 11.5 Å². The molecule has 2 nitrogen and oxygen atoms in total. The molecule has 0 N–H and O–H groups in total. The summed E-state index contributed by atoms with van der Waals surface area (Å²) in [5, 5.41) is -0.0710. The predicted molar refractivity (Wildman–Crippen MR) is 80.0 cm³/mol. The number of fused-ring (bicyclic) bond motifs is 1. The molecule has 4 heteroatoms. The number of oxazole rings is 1. The molecule has 3 rings (SSSR count).